The number of unbranched alkanes of at least 4 members (excludes halogenated alkanes) is 1. The molecule has 5 nitrogen and oxygen atoms in total. The van der Waals surface area contributed by atoms with E-state index in [1.807, 2.05) is 19.1 Å². The number of carbonyl (C=O) groups excluding carboxylic acids is 1. The minimum atomic E-state index is -0.280. The molecule has 0 atom stereocenters. The molecule has 1 aliphatic rings. The van der Waals surface area contributed by atoms with Gasteiger partial charge in [0, 0.05) is 24.6 Å². The number of hydrogen-bond acceptors (Lipinski definition) is 3. The van der Waals surface area contributed by atoms with Crippen molar-refractivity contribution in [3.05, 3.63) is 63.8 Å². The maximum Gasteiger partial charge on any atom is 0.271 e. The van der Waals surface area contributed by atoms with Crippen molar-refractivity contribution in [3.63, 3.8) is 0 Å². The number of nitrogens with zero attached hydrogens (tertiary/aromatic N) is 2. The van der Waals surface area contributed by atoms with Gasteiger partial charge < -0.3 is 5.32 Å². The summed E-state index contributed by atoms with van der Waals surface area (Å²) in [6.07, 6.45) is 7.07. The molecule has 3 rings (SSSR count). The number of carbonyl (C=O) groups is 1. The fraction of sp³-hybridized carbons (Fsp3) is 0.500. The molecular weight excluding hydrogens is 357 g/mol. The van der Waals surface area contributed by atoms with Crippen LogP contribution in [0.15, 0.2) is 41.2 Å². The summed E-state index contributed by atoms with van der Waals surface area (Å²) in [5, 5.41) is 7.24. The molecule has 2 aromatic rings. The minimum Gasteiger partial charge on any atom is -0.350 e. The molecule has 1 aliphatic carbocycles. The average Bonchev–Trinajstić information content (AvgIpc) is 2.72. The van der Waals surface area contributed by atoms with Gasteiger partial charge in [0.1, 0.15) is 11.5 Å². The zero-order chi connectivity index (χ0) is 20.0. The molecule has 1 aromatic heterocycles. The fourth-order valence-electron chi connectivity index (χ4n) is 3.98. The van der Waals surface area contributed by atoms with E-state index in [1.165, 1.54) is 35.4 Å². The second-order valence-electron chi connectivity index (χ2n) is 7.66. The van der Waals surface area contributed by atoms with Gasteiger partial charge in [0.05, 0.1) is 0 Å². The second kappa shape index (κ2) is 9.13. The van der Waals surface area contributed by atoms with E-state index in [9.17, 15) is 14.0 Å². The Hall–Kier alpha value is -2.50. The van der Waals surface area contributed by atoms with Gasteiger partial charge in [0.2, 0.25) is 0 Å². The summed E-state index contributed by atoms with van der Waals surface area (Å²) in [5.41, 5.74) is 0.939. The average molecular weight is 385 g/mol. The van der Waals surface area contributed by atoms with Crippen LogP contribution in [0.25, 0.3) is 0 Å². The summed E-state index contributed by atoms with van der Waals surface area (Å²) in [5.74, 6) is -0.533. The molecule has 0 bridgehead atoms. The van der Waals surface area contributed by atoms with Gasteiger partial charge in [-0.1, -0.05) is 44.7 Å². The van der Waals surface area contributed by atoms with Gasteiger partial charge in [0.15, 0.2) is 0 Å². The molecule has 0 spiro atoms. The molecular formula is C22H28FN3O2. The lowest BCUT2D eigenvalue weighted by molar-refractivity contribution is 0.0929. The number of aromatic nitrogens is 2. The zero-order valence-corrected chi connectivity index (χ0v) is 16.4. The van der Waals surface area contributed by atoms with Crippen molar-refractivity contribution >= 4 is 5.91 Å². The molecule has 0 saturated heterocycles. The van der Waals surface area contributed by atoms with Crippen LogP contribution >= 0.6 is 0 Å². The summed E-state index contributed by atoms with van der Waals surface area (Å²) in [6.45, 7) is 3.03. The largest absolute Gasteiger partial charge is 0.350 e. The highest BCUT2D eigenvalue weighted by Crippen LogP contribution is 2.39. The molecule has 1 saturated carbocycles. The normalized spacial score (nSPS) is 15.9. The summed E-state index contributed by atoms with van der Waals surface area (Å²) in [7, 11) is 0. The van der Waals surface area contributed by atoms with Gasteiger partial charge in [-0.2, -0.15) is 5.10 Å². The Balaban J connectivity index is 1.75. The quantitative estimate of drug-likeness (QED) is 0.788. The Morgan fingerprint density at radius 2 is 1.86 bits per heavy atom. The number of halogens is 1. The molecule has 28 heavy (non-hydrogen) atoms. The summed E-state index contributed by atoms with van der Waals surface area (Å²) >= 11 is 0. The molecule has 1 amide bonds. The van der Waals surface area contributed by atoms with Crippen molar-refractivity contribution < 1.29 is 9.18 Å². The number of hydrogen-bond donors (Lipinski definition) is 1. The number of amides is 1. The van der Waals surface area contributed by atoms with E-state index in [2.05, 4.69) is 10.4 Å². The van der Waals surface area contributed by atoms with E-state index < -0.39 is 0 Å². The van der Waals surface area contributed by atoms with E-state index in [1.54, 1.807) is 0 Å². The Morgan fingerprint density at radius 1 is 1.14 bits per heavy atom. The van der Waals surface area contributed by atoms with E-state index in [4.69, 9.17) is 0 Å². The van der Waals surface area contributed by atoms with Gasteiger partial charge in [-0.15, -0.1) is 0 Å². The van der Waals surface area contributed by atoms with Crippen LogP contribution in [0.1, 0.15) is 67.9 Å². The topological polar surface area (TPSA) is 64.0 Å². The monoisotopic (exact) mass is 385 g/mol. The lowest BCUT2D eigenvalue weighted by atomic mass is 9.69. The summed E-state index contributed by atoms with van der Waals surface area (Å²) < 4.78 is 14.7. The zero-order valence-electron chi connectivity index (χ0n) is 16.4. The van der Waals surface area contributed by atoms with Crippen molar-refractivity contribution in [2.45, 2.75) is 63.8 Å². The second-order valence-corrected chi connectivity index (χ2v) is 7.66. The summed E-state index contributed by atoms with van der Waals surface area (Å²) in [6, 6.07) is 9.50. The third-order valence-corrected chi connectivity index (χ3v) is 5.68. The van der Waals surface area contributed by atoms with Gasteiger partial charge >= 0.3 is 0 Å². The van der Waals surface area contributed by atoms with Gasteiger partial charge in [-0.05, 0) is 43.0 Å². The van der Waals surface area contributed by atoms with Crippen LogP contribution in [-0.2, 0) is 12.0 Å². The highest BCUT2D eigenvalue weighted by Gasteiger charge is 2.34. The van der Waals surface area contributed by atoms with Gasteiger partial charge in [0.25, 0.3) is 11.5 Å². The van der Waals surface area contributed by atoms with Gasteiger partial charge in [-0.25, -0.2) is 9.07 Å². The molecule has 150 valence electrons. The Labute approximate surface area is 165 Å². The third-order valence-electron chi connectivity index (χ3n) is 5.68. The molecule has 1 fully saturated rings. The number of nitrogens with one attached hydrogen (secondary N) is 1. The summed E-state index contributed by atoms with van der Waals surface area (Å²) in [4.78, 5) is 24.6. The van der Waals surface area contributed by atoms with Crippen LogP contribution in [0, 0.1) is 5.82 Å². The van der Waals surface area contributed by atoms with Crippen molar-refractivity contribution in [3.8, 4) is 0 Å². The molecule has 0 unspecified atom stereocenters. The fourth-order valence-corrected chi connectivity index (χ4v) is 3.98. The molecule has 1 N–H and O–H groups in total. The maximum absolute atomic E-state index is 13.4. The molecule has 0 aliphatic heterocycles. The van der Waals surface area contributed by atoms with E-state index in [0.29, 0.717) is 13.1 Å². The Morgan fingerprint density at radius 3 is 2.54 bits per heavy atom. The number of aryl methyl sites for hydroxylation is 1. The molecule has 0 radical (unpaired) electrons. The van der Waals surface area contributed by atoms with E-state index >= 15 is 0 Å². The molecule has 6 heteroatoms. The molecule has 1 heterocycles. The van der Waals surface area contributed by atoms with Crippen LogP contribution in [0.2, 0.25) is 0 Å². The highest BCUT2D eigenvalue weighted by molar-refractivity contribution is 5.92. The van der Waals surface area contributed by atoms with Crippen LogP contribution in [0.4, 0.5) is 4.39 Å². The number of benzene rings is 1. The lowest BCUT2D eigenvalue weighted by Crippen LogP contribution is -2.42. The first-order valence-electron chi connectivity index (χ1n) is 10.2. The Kier molecular flexibility index (Phi) is 6.60. The predicted octanol–water partition coefficient (Wildman–Crippen LogP) is 3.81. The van der Waals surface area contributed by atoms with Crippen molar-refractivity contribution in [1.29, 1.82) is 0 Å². The third kappa shape index (κ3) is 4.66. The van der Waals surface area contributed by atoms with Crippen LogP contribution < -0.4 is 10.9 Å². The van der Waals surface area contributed by atoms with E-state index in [-0.39, 0.29) is 28.4 Å². The predicted molar refractivity (Wildman–Crippen MR) is 107 cm³/mol. The van der Waals surface area contributed by atoms with Crippen LogP contribution in [0.5, 0.6) is 0 Å². The SMILES string of the molecule is CCCCn1nc(C(=O)NCC2(c3ccc(F)cc3)CCCCC2)ccc1=O. The van der Waals surface area contributed by atoms with Crippen molar-refractivity contribution in [2.24, 2.45) is 0 Å². The number of rotatable bonds is 7. The van der Waals surface area contributed by atoms with Gasteiger partial charge in [-0.3, -0.25) is 9.59 Å². The first kappa shape index (κ1) is 20.2. The van der Waals surface area contributed by atoms with Crippen LogP contribution in [-0.4, -0.2) is 22.2 Å². The van der Waals surface area contributed by atoms with Crippen molar-refractivity contribution in [2.75, 3.05) is 6.54 Å². The highest BCUT2D eigenvalue weighted by atomic mass is 19.1. The lowest BCUT2D eigenvalue weighted by Gasteiger charge is -2.38. The standard InChI is InChI=1S/C22H28FN3O2/c1-2-3-15-26-20(27)12-11-19(25-26)21(28)24-16-22(13-5-4-6-14-22)17-7-9-18(23)10-8-17/h7-12H,2-6,13-16H2,1H3,(H,24,28). The maximum atomic E-state index is 13.4. The Bertz CT molecular complexity index is 855. The van der Waals surface area contributed by atoms with Crippen molar-refractivity contribution in [1.82, 2.24) is 15.1 Å². The molecule has 1 aromatic carbocycles. The first-order valence-corrected chi connectivity index (χ1v) is 10.2. The van der Waals surface area contributed by atoms with E-state index in [0.717, 1.165) is 44.1 Å². The minimum absolute atomic E-state index is 0.182. The first-order chi connectivity index (χ1) is 13.5. The van der Waals surface area contributed by atoms with Crippen LogP contribution in [0.3, 0.4) is 0 Å². The smallest absolute Gasteiger partial charge is 0.271 e.